The lowest BCUT2D eigenvalue weighted by Gasteiger charge is -2.09. The molecule has 0 amide bonds. The summed E-state index contributed by atoms with van der Waals surface area (Å²) in [4.78, 5) is 13.2. The van der Waals surface area contributed by atoms with E-state index in [1.807, 2.05) is 12.1 Å². The number of rotatable bonds is 14. The van der Waals surface area contributed by atoms with Crippen LogP contribution in [0.25, 0.3) is 20.9 Å². The SMILES string of the molecule is O=Cc1ccc(OCCOCCOCCOc2ccc(-c3ccsc3-c3cccs3)cc2)cc1. The zero-order chi connectivity index (χ0) is 23.4. The van der Waals surface area contributed by atoms with Gasteiger partial charge in [-0.2, -0.15) is 0 Å². The van der Waals surface area contributed by atoms with E-state index in [0.717, 1.165) is 12.0 Å². The highest BCUT2D eigenvalue weighted by molar-refractivity contribution is 7.20. The van der Waals surface area contributed by atoms with E-state index < -0.39 is 0 Å². The fourth-order valence-electron chi connectivity index (χ4n) is 3.27. The fraction of sp³-hybridized carbons (Fsp3) is 0.222. The van der Waals surface area contributed by atoms with Crippen molar-refractivity contribution in [3.8, 4) is 32.4 Å². The van der Waals surface area contributed by atoms with Gasteiger partial charge in [-0.3, -0.25) is 4.79 Å². The number of thiophene rings is 2. The Balaban J connectivity index is 1.07. The zero-order valence-corrected chi connectivity index (χ0v) is 20.3. The van der Waals surface area contributed by atoms with Crippen LogP contribution >= 0.6 is 22.7 Å². The molecular weight excluding hydrogens is 468 g/mol. The summed E-state index contributed by atoms with van der Waals surface area (Å²) in [5.74, 6) is 1.55. The molecule has 2 aromatic carbocycles. The Kier molecular flexibility index (Phi) is 9.28. The van der Waals surface area contributed by atoms with Crippen LogP contribution in [0.4, 0.5) is 0 Å². The lowest BCUT2D eigenvalue weighted by molar-refractivity contribution is 0.0273. The van der Waals surface area contributed by atoms with Crippen LogP contribution in [0.3, 0.4) is 0 Å². The third-order valence-electron chi connectivity index (χ3n) is 4.96. The summed E-state index contributed by atoms with van der Waals surface area (Å²) in [7, 11) is 0. The highest BCUT2D eigenvalue weighted by Crippen LogP contribution is 2.39. The van der Waals surface area contributed by atoms with Crippen molar-refractivity contribution < 1.29 is 23.7 Å². The molecule has 0 aliphatic heterocycles. The topological polar surface area (TPSA) is 54.0 Å². The van der Waals surface area contributed by atoms with E-state index in [1.165, 1.54) is 20.9 Å². The van der Waals surface area contributed by atoms with Crippen molar-refractivity contribution in [3.63, 3.8) is 0 Å². The molecule has 0 unspecified atom stereocenters. The van der Waals surface area contributed by atoms with Gasteiger partial charge in [0, 0.05) is 16.0 Å². The average Bonchev–Trinajstić information content (AvgIpc) is 3.58. The van der Waals surface area contributed by atoms with Gasteiger partial charge in [-0.25, -0.2) is 0 Å². The van der Waals surface area contributed by atoms with Crippen LogP contribution in [0.1, 0.15) is 10.4 Å². The maximum Gasteiger partial charge on any atom is 0.150 e. The number of hydrogen-bond acceptors (Lipinski definition) is 7. The second kappa shape index (κ2) is 13.1. The van der Waals surface area contributed by atoms with Gasteiger partial charge in [0.15, 0.2) is 0 Å². The molecule has 0 radical (unpaired) electrons. The van der Waals surface area contributed by atoms with Crippen LogP contribution in [-0.2, 0) is 9.47 Å². The smallest absolute Gasteiger partial charge is 0.150 e. The zero-order valence-electron chi connectivity index (χ0n) is 18.7. The van der Waals surface area contributed by atoms with Gasteiger partial charge >= 0.3 is 0 Å². The Hall–Kier alpha value is -2.97. The van der Waals surface area contributed by atoms with Crippen molar-refractivity contribution in [2.75, 3.05) is 39.6 Å². The van der Waals surface area contributed by atoms with Crippen molar-refractivity contribution in [1.29, 1.82) is 0 Å². The maximum atomic E-state index is 10.6. The highest BCUT2D eigenvalue weighted by atomic mass is 32.1. The summed E-state index contributed by atoms with van der Waals surface area (Å²) in [5.41, 5.74) is 3.07. The number of hydrogen-bond donors (Lipinski definition) is 0. The normalized spacial score (nSPS) is 10.8. The summed E-state index contributed by atoms with van der Waals surface area (Å²) >= 11 is 3.53. The number of carbonyl (C=O) groups excluding carboxylic acids is 1. The van der Waals surface area contributed by atoms with Gasteiger partial charge in [-0.15, -0.1) is 22.7 Å². The minimum atomic E-state index is 0.444. The summed E-state index contributed by atoms with van der Waals surface area (Å²) in [6, 6.07) is 21.6. The van der Waals surface area contributed by atoms with Gasteiger partial charge in [0.1, 0.15) is 31.0 Å². The molecule has 0 aliphatic rings. The molecule has 2 aromatic heterocycles. The van der Waals surface area contributed by atoms with Crippen molar-refractivity contribution in [2.45, 2.75) is 0 Å². The summed E-state index contributed by atoms with van der Waals surface area (Å²) < 4.78 is 22.4. The predicted molar refractivity (Wildman–Crippen MR) is 138 cm³/mol. The molecule has 34 heavy (non-hydrogen) atoms. The van der Waals surface area contributed by atoms with E-state index in [0.29, 0.717) is 51.0 Å². The van der Waals surface area contributed by atoms with Gasteiger partial charge in [-0.05, 0) is 64.9 Å². The standard InChI is InChI=1S/C27H26O5S2/c28-20-21-3-7-23(8-4-21)31-16-14-29-12-13-30-15-17-32-24-9-5-22(6-10-24)25-11-19-34-27(25)26-2-1-18-33-26/h1-11,18-20H,12-17H2. The number of carbonyl (C=O) groups is 1. The van der Waals surface area contributed by atoms with E-state index in [2.05, 4.69) is 41.1 Å². The Morgan fingerprint density at radius 1 is 0.647 bits per heavy atom. The first kappa shape index (κ1) is 24.2. The van der Waals surface area contributed by atoms with Gasteiger partial charge in [0.05, 0.1) is 31.3 Å². The molecule has 4 rings (SSSR count). The second-order valence-electron chi connectivity index (χ2n) is 7.27. The summed E-state index contributed by atoms with van der Waals surface area (Å²) in [5, 5.41) is 4.24. The first-order chi connectivity index (χ1) is 16.8. The summed E-state index contributed by atoms with van der Waals surface area (Å²) in [6.07, 6.45) is 0.807. The molecule has 0 atom stereocenters. The Morgan fingerprint density at radius 2 is 1.26 bits per heavy atom. The Labute approximate surface area is 207 Å². The van der Waals surface area contributed by atoms with Crippen LogP contribution in [0.2, 0.25) is 0 Å². The third-order valence-corrected chi connectivity index (χ3v) is 6.92. The lowest BCUT2D eigenvalue weighted by Crippen LogP contribution is -2.13. The monoisotopic (exact) mass is 494 g/mol. The maximum absolute atomic E-state index is 10.6. The molecular formula is C27H26O5S2. The molecule has 176 valence electrons. The molecule has 5 nitrogen and oxygen atoms in total. The van der Waals surface area contributed by atoms with Crippen molar-refractivity contribution in [3.05, 3.63) is 83.1 Å². The van der Waals surface area contributed by atoms with Crippen LogP contribution in [-0.4, -0.2) is 45.9 Å². The number of benzene rings is 2. The number of ether oxygens (including phenoxy) is 4. The first-order valence-electron chi connectivity index (χ1n) is 11.0. The predicted octanol–water partition coefficient (Wildman–Crippen LogP) is 6.45. The van der Waals surface area contributed by atoms with E-state index in [4.69, 9.17) is 18.9 Å². The number of aldehydes is 1. The fourth-order valence-corrected chi connectivity index (χ4v) is 5.07. The molecule has 0 saturated heterocycles. The van der Waals surface area contributed by atoms with E-state index >= 15 is 0 Å². The second-order valence-corrected chi connectivity index (χ2v) is 9.14. The van der Waals surface area contributed by atoms with Gasteiger partial charge in [0.2, 0.25) is 0 Å². The average molecular weight is 495 g/mol. The minimum absolute atomic E-state index is 0.444. The van der Waals surface area contributed by atoms with Crippen LogP contribution < -0.4 is 9.47 Å². The Morgan fingerprint density at radius 3 is 1.85 bits per heavy atom. The molecule has 0 bridgehead atoms. The van der Waals surface area contributed by atoms with Gasteiger partial charge in [-0.1, -0.05) is 18.2 Å². The van der Waals surface area contributed by atoms with Crippen molar-refractivity contribution in [2.24, 2.45) is 0 Å². The molecule has 0 fully saturated rings. The van der Waals surface area contributed by atoms with Crippen LogP contribution in [0.15, 0.2) is 77.5 Å². The third kappa shape index (κ3) is 7.01. The lowest BCUT2D eigenvalue weighted by atomic mass is 10.1. The molecule has 0 spiro atoms. The van der Waals surface area contributed by atoms with Crippen LogP contribution in [0, 0.1) is 0 Å². The molecule has 2 heterocycles. The van der Waals surface area contributed by atoms with E-state index in [1.54, 1.807) is 46.9 Å². The van der Waals surface area contributed by atoms with Crippen molar-refractivity contribution in [1.82, 2.24) is 0 Å². The molecule has 0 N–H and O–H groups in total. The molecule has 4 aromatic rings. The molecule has 0 saturated carbocycles. The Bertz CT molecular complexity index is 1120. The van der Waals surface area contributed by atoms with Gasteiger partial charge in [0.25, 0.3) is 0 Å². The van der Waals surface area contributed by atoms with E-state index in [-0.39, 0.29) is 0 Å². The van der Waals surface area contributed by atoms with Crippen molar-refractivity contribution >= 4 is 29.0 Å². The summed E-state index contributed by atoms with van der Waals surface area (Å²) in [6.45, 7) is 2.89. The minimum Gasteiger partial charge on any atom is -0.491 e. The highest BCUT2D eigenvalue weighted by Gasteiger charge is 2.10. The van der Waals surface area contributed by atoms with Crippen LogP contribution in [0.5, 0.6) is 11.5 Å². The molecule has 0 aliphatic carbocycles. The van der Waals surface area contributed by atoms with Gasteiger partial charge < -0.3 is 18.9 Å². The largest absolute Gasteiger partial charge is 0.491 e. The van der Waals surface area contributed by atoms with E-state index in [9.17, 15) is 4.79 Å². The first-order valence-corrected chi connectivity index (χ1v) is 12.8. The quantitative estimate of drug-likeness (QED) is 0.149. The molecule has 7 heteroatoms.